The lowest BCUT2D eigenvalue weighted by Crippen LogP contribution is -2.31. The number of nitrogens with one attached hydrogen (secondary N) is 1. The smallest absolute Gasteiger partial charge is 0.410 e. The van der Waals surface area contributed by atoms with E-state index in [9.17, 15) is 4.79 Å². The number of amides is 1. The van der Waals surface area contributed by atoms with Gasteiger partial charge in [-0.25, -0.2) is 4.79 Å². The summed E-state index contributed by atoms with van der Waals surface area (Å²) in [6, 6.07) is 3.87. The first-order valence-electron chi connectivity index (χ1n) is 5.28. The van der Waals surface area contributed by atoms with Gasteiger partial charge in [0.05, 0.1) is 0 Å². The average molecular weight is 222 g/mol. The molecule has 0 heterocycles. The normalized spacial score (nSPS) is 10.0. The Morgan fingerprint density at radius 3 is 2.50 bits per heavy atom. The molecular formula is C12H18N2O2. The predicted octanol–water partition coefficient (Wildman–Crippen LogP) is 1.66. The molecule has 0 bridgehead atoms. The summed E-state index contributed by atoms with van der Waals surface area (Å²) in [4.78, 5) is 11.3. The van der Waals surface area contributed by atoms with Crippen molar-refractivity contribution >= 4 is 6.09 Å². The average Bonchev–Trinajstić information content (AvgIpc) is 2.23. The first-order chi connectivity index (χ1) is 7.54. The van der Waals surface area contributed by atoms with Crippen molar-refractivity contribution in [3.63, 3.8) is 0 Å². The van der Waals surface area contributed by atoms with Gasteiger partial charge in [0, 0.05) is 13.1 Å². The van der Waals surface area contributed by atoms with E-state index in [4.69, 9.17) is 10.5 Å². The van der Waals surface area contributed by atoms with Crippen molar-refractivity contribution in [3.8, 4) is 5.75 Å². The fourth-order valence-corrected chi connectivity index (χ4v) is 1.35. The van der Waals surface area contributed by atoms with Gasteiger partial charge >= 0.3 is 6.09 Å². The summed E-state index contributed by atoms with van der Waals surface area (Å²) in [6.45, 7) is 6.75. The molecule has 0 radical (unpaired) electrons. The number of ether oxygens (including phenoxy) is 1. The number of rotatable bonds is 3. The number of carbonyl (C=O) groups excluding carboxylic acids is 1. The van der Waals surface area contributed by atoms with Gasteiger partial charge in [-0.05, 0) is 43.5 Å². The Morgan fingerprint density at radius 2 is 1.88 bits per heavy atom. The van der Waals surface area contributed by atoms with Crippen LogP contribution in [0.1, 0.15) is 16.7 Å². The van der Waals surface area contributed by atoms with Crippen LogP contribution in [0.4, 0.5) is 4.79 Å². The van der Waals surface area contributed by atoms with Crippen molar-refractivity contribution in [2.24, 2.45) is 5.73 Å². The molecule has 0 spiro atoms. The Bertz CT molecular complexity index is 389. The van der Waals surface area contributed by atoms with Crippen molar-refractivity contribution in [3.05, 3.63) is 28.8 Å². The Balaban J connectivity index is 2.73. The molecule has 0 saturated heterocycles. The molecule has 88 valence electrons. The number of hydrogen-bond acceptors (Lipinski definition) is 3. The van der Waals surface area contributed by atoms with E-state index in [0.29, 0.717) is 18.8 Å². The zero-order valence-corrected chi connectivity index (χ0v) is 9.96. The molecule has 0 fully saturated rings. The molecule has 1 rings (SSSR count). The highest BCUT2D eigenvalue weighted by atomic mass is 16.6. The highest BCUT2D eigenvalue weighted by Crippen LogP contribution is 2.22. The van der Waals surface area contributed by atoms with E-state index in [1.807, 2.05) is 32.9 Å². The Hall–Kier alpha value is -1.55. The summed E-state index contributed by atoms with van der Waals surface area (Å²) >= 11 is 0. The molecule has 0 aliphatic carbocycles. The zero-order valence-electron chi connectivity index (χ0n) is 9.96. The summed E-state index contributed by atoms with van der Waals surface area (Å²) in [5.74, 6) is 0.595. The lowest BCUT2D eigenvalue weighted by Gasteiger charge is -2.10. The standard InChI is InChI=1S/C12H18N2O2/c1-8-6-10(3)11(7-9(8)2)16-12(15)14-5-4-13/h6-7H,4-5,13H2,1-3H3,(H,14,15). The van der Waals surface area contributed by atoms with Crippen molar-refractivity contribution in [2.45, 2.75) is 20.8 Å². The highest BCUT2D eigenvalue weighted by Gasteiger charge is 2.07. The molecule has 0 aliphatic rings. The minimum Gasteiger partial charge on any atom is -0.410 e. The van der Waals surface area contributed by atoms with E-state index in [0.717, 1.165) is 11.1 Å². The van der Waals surface area contributed by atoms with Gasteiger partial charge < -0.3 is 15.8 Å². The molecule has 0 saturated carbocycles. The van der Waals surface area contributed by atoms with Crippen LogP contribution in [0.3, 0.4) is 0 Å². The lowest BCUT2D eigenvalue weighted by molar-refractivity contribution is 0.200. The number of benzene rings is 1. The van der Waals surface area contributed by atoms with Crippen LogP contribution in [0.15, 0.2) is 12.1 Å². The molecule has 0 aromatic heterocycles. The third-order valence-electron chi connectivity index (χ3n) is 2.41. The van der Waals surface area contributed by atoms with Gasteiger partial charge in [-0.15, -0.1) is 0 Å². The van der Waals surface area contributed by atoms with Crippen LogP contribution in [0.2, 0.25) is 0 Å². The number of aryl methyl sites for hydroxylation is 3. The van der Waals surface area contributed by atoms with Gasteiger partial charge in [-0.1, -0.05) is 6.07 Å². The Morgan fingerprint density at radius 1 is 1.25 bits per heavy atom. The first-order valence-corrected chi connectivity index (χ1v) is 5.28. The molecule has 3 N–H and O–H groups in total. The van der Waals surface area contributed by atoms with Gasteiger partial charge in [-0.3, -0.25) is 0 Å². The SMILES string of the molecule is Cc1cc(C)c(OC(=O)NCCN)cc1C. The fraction of sp³-hybridized carbons (Fsp3) is 0.417. The van der Waals surface area contributed by atoms with E-state index in [2.05, 4.69) is 5.32 Å². The summed E-state index contributed by atoms with van der Waals surface area (Å²) in [5.41, 5.74) is 8.51. The molecule has 4 nitrogen and oxygen atoms in total. The number of nitrogens with two attached hydrogens (primary N) is 1. The largest absolute Gasteiger partial charge is 0.412 e. The molecular weight excluding hydrogens is 204 g/mol. The predicted molar refractivity (Wildman–Crippen MR) is 63.7 cm³/mol. The molecule has 1 amide bonds. The maximum Gasteiger partial charge on any atom is 0.412 e. The summed E-state index contributed by atoms with van der Waals surface area (Å²) in [7, 11) is 0. The van der Waals surface area contributed by atoms with Gasteiger partial charge in [0.2, 0.25) is 0 Å². The monoisotopic (exact) mass is 222 g/mol. The third-order valence-corrected chi connectivity index (χ3v) is 2.41. The van der Waals surface area contributed by atoms with Crippen LogP contribution in [0, 0.1) is 20.8 Å². The van der Waals surface area contributed by atoms with Gasteiger partial charge in [0.25, 0.3) is 0 Å². The molecule has 4 heteroatoms. The Labute approximate surface area is 95.8 Å². The second-order valence-corrected chi connectivity index (χ2v) is 3.81. The van der Waals surface area contributed by atoms with Crippen LogP contribution >= 0.6 is 0 Å². The minimum atomic E-state index is -0.461. The summed E-state index contributed by atoms with van der Waals surface area (Å²) < 4.78 is 5.18. The molecule has 16 heavy (non-hydrogen) atoms. The maximum atomic E-state index is 11.3. The van der Waals surface area contributed by atoms with Crippen LogP contribution in [-0.2, 0) is 0 Å². The van der Waals surface area contributed by atoms with Crippen molar-refractivity contribution in [1.82, 2.24) is 5.32 Å². The second-order valence-electron chi connectivity index (χ2n) is 3.81. The first kappa shape index (κ1) is 12.5. The summed E-state index contributed by atoms with van der Waals surface area (Å²) in [6.07, 6.45) is -0.461. The Kier molecular flexibility index (Phi) is 4.31. The maximum absolute atomic E-state index is 11.3. The van der Waals surface area contributed by atoms with Gasteiger partial charge in [0.1, 0.15) is 5.75 Å². The van der Waals surface area contributed by atoms with Crippen LogP contribution in [0.5, 0.6) is 5.75 Å². The van der Waals surface area contributed by atoms with Crippen LogP contribution in [0.25, 0.3) is 0 Å². The van der Waals surface area contributed by atoms with Gasteiger partial charge in [0.15, 0.2) is 0 Å². The fourth-order valence-electron chi connectivity index (χ4n) is 1.35. The van der Waals surface area contributed by atoms with E-state index in [1.54, 1.807) is 0 Å². The van der Waals surface area contributed by atoms with Gasteiger partial charge in [-0.2, -0.15) is 0 Å². The zero-order chi connectivity index (χ0) is 12.1. The molecule has 1 aromatic rings. The van der Waals surface area contributed by atoms with E-state index < -0.39 is 6.09 Å². The highest BCUT2D eigenvalue weighted by molar-refractivity contribution is 5.71. The van der Waals surface area contributed by atoms with E-state index in [-0.39, 0.29) is 0 Å². The molecule has 0 unspecified atom stereocenters. The van der Waals surface area contributed by atoms with Crippen molar-refractivity contribution in [2.75, 3.05) is 13.1 Å². The second kappa shape index (κ2) is 5.51. The van der Waals surface area contributed by atoms with Crippen LogP contribution < -0.4 is 15.8 Å². The lowest BCUT2D eigenvalue weighted by atomic mass is 10.1. The topological polar surface area (TPSA) is 64.3 Å². The van der Waals surface area contributed by atoms with Crippen molar-refractivity contribution in [1.29, 1.82) is 0 Å². The minimum absolute atomic E-state index is 0.404. The molecule has 0 atom stereocenters. The molecule has 1 aromatic carbocycles. The quantitative estimate of drug-likeness (QED) is 0.817. The van der Waals surface area contributed by atoms with E-state index in [1.165, 1.54) is 5.56 Å². The van der Waals surface area contributed by atoms with Crippen molar-refractivity contribution < 1.29 is 9.53 Å². The summed E-state index contributed by atoms with van der Waals surface area (Å²) in [5, 5.41) is 2.56. The third kappa shape index (κ3) is 3.24. The molecule has 0 aliphatic heterocycles. The van der Waals surface area contributed by atoms with Crippen LogP contribution in [-0.4, -0.2) is 19.2 Å². The number of carbonyl (C=O) groups is 1. The number of hydrogen-bond donors (Lipinski definition) is 2. The van der Waals surface area contributed by atoms with E-state index >= 15 is 0 Å².